The molecule has 2 nitrogen and oxygen atoms in total. The Kier molecular flexibility index (Phi) is 8.98. The summed E-state index contributed by atoms with van der Waals surface area (Å²) in [7, 11) is 0. The topological polar surface area (TPSA) is 6.48 Å². The van der Waals surface area contributed by atoms with E-state index < -0.39 is 0 Å². The van der Waals surface area contributed by atoms with Gasteiger partial charge in [-0.25, -0.2) is 0 Å². The summed E-state index contributed by atoms with van der Waals surface area (Å²) in [5.41, 5.74) is 4.84. The Morgan fingerprint density at radius 3 is 1.45 bits per heavy atom. The largest absolute Gasteiger partial charge is 0.362 e. The lowest BCUT2D eigenvalue weighted by molar-refractivity contribution is 0.347. The van der Waals surface area contributed by atoms with Gasteiger partial charge in [-0.1, -0.05) is 54.8 Å². The summed E-state index contributed by atoms with van der Waals surface area (Å²) in [6, 6.07) is 13.0. The van der Waals surface area contributed by atoms with Gasteiger partial charge in [0.25, 0.3) is 0 Å². The molecular weight excluding hydrogens is 439 g/mol. The molecule has 6 heteroatoms. The Labute approximate surface area is 195 Å². The average molecular weight is 468 g/mol. The van der Waals surface area contributed by atoms with Crippen molar-refractivity contribution in [2.75, 3.05) is 31.5 Å². The molecule has 0 spiro atoms. The van der Waals surface area contributed by atoms with Crippen LogP contribution in [0.1, 0.15) is 49.7 Å². The van der Waals surface area contributed by atoms with Crippen molar-refractivity contribution in [1.82, 2.24) is 9.80 Å². The van der Waals surface area contributed by atoms with E-state index in [0.717, 1.165) is 36.2 Å². The van der Waals surface area contributed by atoms with Gasteiger partial charge in [0.1, 0.15) is 9.98 Å². The maximum Gasteiger partial charge on any atom is 0.109 e. The van der Waals surface area contributed by atoms with Gasteiger partial charge in [-0.2, -0.15) is 0 Å². The molecule has 4 rings (SSSR count). The number of thiocarbonyl (C=S) groups is 2. The smallest absolute Gasteiger partial charge is 0.109 e. The molecule has 156 valence electrons. The summed E-state index contributed by atoms with van der Waals surface area (Å²) < 4.78 is 0. The van der Waals surface area contributed by atoms with E-state index in [4.69, 9.17) is 47.6 Å². The molecule has 0 aromatic rings. The molecule has 0 aromatic heterocycles. The van der Waals surface area contributed by atoms with E-state index in [1.165, 1.54) is 60.8 Å². The number of piperidine rings is 2. The molecule has 2 aliphatic heterocycles. The highest BCUT2D eigenvalue weighted by Gasteiger charge is 2.25. The lowest BCUT2D eigenvalue weighted by Gasteiger charge is -2.29. The third-order valence-electron chi connectivity index (χ3n) is 5.65. The van der Waals surface area contributed by atoms with Crippen molar-refractivity contribution in [2.24, 2.45) is 0 Å². The number of rotatable bonds is 2. The molecule has 0 atom stereocenters. The second kappa shape index (κ2) is 11.5. The molecule has 0 aromatic carbocycles. The minimum atomic E-state index is 0.194. The zero-order chi connectivity index (χ0) is 20.6. The fourth-order valence-electron chi connectivity index (χ4n) is 4.21. The van der Waals surface area contributed by atoms with Crippen LogP contribution in [0.2, 0.25) is 0 Å². The summed E-state index contributed by atoms with van der Waals surface area (Å²) in [6.07, 6.45) is 7.61. The zero-order valence-electron chi connectivity index (χ0n) is 16.7. The molecule has 2 saturated heterocycles. The van der Waals surface area contributed by atoms with Crippen LogP contribution in [0, 0.1) is 0 Å². The Morgan fingerprint density at radius 2 is 1.07 bits per heavy atom. The first kappa shape index (κ1) is 22.7. The van der Waals surface area contributed by atoms with E-state index >= 15 is 0 Å². The van der Waals surface area contributed by atoms with E-state index in [0.29, 0.717) is 0 Å². The van der Waals surface area contributed by atoms with Crippen LogP contribution in [-0.4, -0.2) is 51.3 Å². The summed E-state index contributed by atoms with van der Waals surface area (Å²) in [5.74, 6) is 0. The van der Waals surface area contributed by atoms with Gasteiger partial charge in [-0.3, -0.25) is 0 Å². The molecule has 0 radical (unpaired) electrons. The van der Waals surface area contributed by atoms with Crippen LogP contribution in [0.15, 0.2) is 36.4 Å². The molecule has 0 bridgehead atoms. The van der Waals surface area contributed by atoms with Crippen molar-refractivity contribution >= 4 is 57.6 Å². The van der Waals surface area contributed by atoms with Crippen LogP contribution >= 0.6 is 47.6 Å². The fraction of sp³-hybridized carbons (Fsp3) is 0.478. The van der Waals surface area contributed by atoms with Crippen LogP contribution in [0.25, 0.3) is 11.1 Å². The predicted octanol–water partition coefficient (Wildman–Crippen LogP) is 6.54. The number of hydrogen-bond acceptors (Lipinski definition) is 2. The number of hydrogen-bond donors (Lipinski definition) is 0. The zero-order valence-corrected chi connectivity index (χ0v) is 19.9. The van der Waals surface area contributed by atoms with Gasteiger partial charge in [0.05, 0.1) is 5.34 Å². The minimum Gasteiger partial charge on any atom is -0.362 e. The van der Waals surface area contributed by atoms with Gasteiger partial charge < -0.3 is 9.80 Å². The quantitative estimate of drug-likeness (QED) is 0.366. The summed E-state index contributed by atoms with van der Waals surface area (Å²) >= 11 is 21.4. The van der Waals surface area contributed by atoms with Gasteiger partial charge in [-0.15, -0.1) is 23.2 Å². The molecule has 29 heavy (non-hydrogen) atoms. The van der Waals surface area contributed by atoms with Crippen LogP contribution in [-0.2, 0) is 0 Å². The van der Waals surface area contributed by atoms with Crippen molar-refractivity contribution in [3.05, 3.63) is 47.5 Å². The number of alkyl halides is 2. The van der Waals surface area contributed by atoms with Crippen molar-refractivity contribution in [2.45, 2.75) is 38.5 Å². The van der Waals surface area contributed by atoms with Crippen molar-refractivity contribution in [3.8, 4) is 11.1 Å². The Balaban J connectivity index is 0.000000755. The van der Waals surface area contributed by atoms with E-state index in [1.807, 2.05) is 0 Å². The maximum absolute atomic E-state index is 5.93. The van der Waals surface area contributed by atoms with Crippen LogP contribution in [0.4, 0.5) is 0 Å². The molecule has 2 heterocycles. The van der Waals surface area contributed by atoms with Gasteiger partial charge >= 0.3 is 0 Å². The molecule has 2 fully saturated rings. The maximum atomic E-state index is 5.93. The van der Waals surface area contributed by atoms with Gasteiger partial charge in [0.2, 0.25) is 0 Å². The second-order valence-electron chi connectivity index (χ2n) is 7.52. The van der Waals surface area contributed by atoms with Crippen molar-refractivity contribution < 1.29 is 0 Å². The summed E-state index contributed by atoms with van der Waals surface area (Å²) in [6.45, 7) is 4.32. The number of fused-ring (bicyclic) bond motifs is 1. The molecule has 0 amide bonds. The monoisotopic (exact) mass is 466 g/mol. The minimum absolute atomic E-state index is 0.194. The number of likely N-dealkylation sites (tertiary alicyclic amines) is 2. The van der Waals surface area contributed by atoms with Crippen molar-refractivity contribution in [1.29, 1.82) is 0 Å². The molecule has 0 N–H and O–H groups in total. The molecule has 0 saturated carbocycles. The van der Waals surface area contributed by atoms with Crippen LogP contribution in [0.3, 0.4) is 0 Å². The average Bonchev–Trinajstić information content (AvgIpc) is 2.95. The van der Waals surface area contributed by atoms with E-state index in [1.54, 1.807) is 0 Å². The Morgan fingerprint density at radius 1 is 0.690 bits per heavy atom. The van der Waals surface area contributed by atoms with Crippen LogP contribution < -0.4 is 0 Å². The van der Waals surface area contributed by atoms with Gasteiger partial charge in [0.15, 0.2) is 0 Å². The van der Waals surface area contributed by atoms with Gasteiger partial charge in [-0.05, 0) is 55.7 Å². The number of nitrogens with zero attached hydrogens (tertiary/aromatic N) is 2. The number of halogens is 2. The summed E-state index contributed by atoms with van der Waals surface area (Å²) in [4.78, 5) is 6.75. The van der Waals surface area contributed by atoms with E-state index in [-0.39, 0.29) is 5.34 Å². The third kappa shape index (κ3) is 5.61. The lowest BCUT2D eigenvalue weighted by atomic mass is 10.1. The fourth-order valence-corrected chi connectivity index (χ4v) is 4.91. The predicted molar refractivity (Wildman–Crippen MR) is 134 cm³/mol. The lowest BCUT2D eigenvalue weighted by Crippen LogP contribution is -2.35. The standard InChI is InChI=1S/C22H26N2S2.CH2Cl2/c25-21(23-12-6-2-7-13-23)19-16-20(18-11-5-1-4-10-17(18)19)22(26)24-14-8-3-9-15-24;2-1-3/h1,4-5,10-11,16H,2-3,6-9,12-15H2;1H2. The first-order valence-electron chi connectivity index (χ1n) is 10.4. The first-order chi connectivity index (χ1) is 14.2. The highest BCUT2D eigenvalue weighted by atomic mass is 35.5. The van der Waals surface area contributed by atoms with E-state index in [2.05, 4.69) is 46.2 Å². The Bertz CT molecular complexity index is 738. The molecule has 4 aliphatic rings. The highest BCUT2D eigenvalue weighted by molar-refractivity contribution is 7.81. The SMILES string of the molecule is ClCCl.S=C(c1cc(C(=S)N2CCCCC2)c2cccccc1-2)N1CCCCC1. The highest BCUT2D eigenvalue weighted by Crippen LogP contribution is 2.35. The normalized spacial score (nSPS) is 16.9. The molecule has 0 unspecified atom stereocenters. The molecular formula is C23H28Cl2N2S2. The second-order valence-corrected chi connectivity index (χ2v) is 9.10. The van der Waals surface area contributed by atoms with Gasteiger partial charge in [0, 0.05) is 37.3 Å². The Hall–Kier alpha value is -0.940. The van der Waals surface area contributed by atoms with Crippen molar-refractivity contribution in [3.63, 3.8) is 0 Å². The molecule has 2 aliphatic carbocycles. The summed E-state index contributed by atoms with van der Waals surface area (Å²) in [5, 5.41) is 0.194. The van der Waals surface area contributed by atoms with E-state index in [9.17, 15) is 0 Å². The first-order valence-corrected chi connectivity index (χ1v) is 12.3. The van der Waals surface area contributed by atoms with Crippen LogP contribution in [0.5, 0.6) is 0 Å². The third-order valence-corrected chi connectivity index (χ3v) is 6.61.